The van der Waals surface area contributed by atoms with E-state index in [-0.39, 0.29) is 24.4 Å². The van der Waals surface area contributed by atoms with Crippen LogP contribution < -0.4 is 10.1 Å². The zero-order valence-electron chi connectivity index (χ0n) is 12.8. The molecule has 1 heterocycles. The van der Waals surface area contributed by atoms with Crippen LogP contribution in [-0.4, -0.2) is 38.1 Å². The maximum absolute atomic E-state index is 12.3. The first-order chi connectivity index (χ1) is 9.76. The van der Waals surface area contributed by atoms with Crippen molar-refractivity contribution in [3.8, 4) is 5.75 Å². The number of hydrogen-bond acceptors (Lipinski definition) is 3. The molecule has 1 aliphatic rings. The van der Waals surface area contributed by atoms with Gasteiger partial charge < -0.3 is 15.0 Å². The third-order valence-electron chi connectivity index (χ3n) is 3.90. The average Bonchev–Trinajstić information content (AvgIpc) is 2.73. The summed E-state index contributed by atoms with van der Waals surface area (Å²) in [5, 5.41) is 2.96. The van der Waals surface area contributed by atoms with Crippen molar-refractivity contribution in [2.45, 2.75) is 31.7 Å². The number of nitrogens with one attached hydrogen (secondary N) is 1. The van der Waals surface area contributed by atoms with Gasteiger partial charge in [-0.2, -0.15) is 0 Å². The van der Waals surface area contributed by atoms with E-state index >= 15 is 0 Å². The smallest absolute Gasteiger partial charge is 0.237 e. The molecule has 2 rings (SSSR count). The number of halogens is 1. The Morgan fingerprint density at radius 2 is 2.00 bits per heavy atom. The van der Waals surface area contributed by atoms with Crippen LogP contribution in [0.5, 0.6) is 5.75 Å². The summed E-state index contributed by atoms with van der Waals surface area (Å²) in [6.07, 6.45) is 4.53. The average molecular weight is 313 g/mol. The molecule has 0 spiro atoms. The number of carbonyl (C=O) groups excluding carboxylic acids is 1. The van der Waals surface area contributed by atoms with Crippen LogP contribution in [0.1, 0.15) is 37.3 Å². The van der Waals surface area contributed by atoms with Gasteiger partial charge in [0.15, 0.2) is 0 Å². The number of nitrogens with zero attached hydrogens (tertiary/aromatic N) is 1. The molecule has 1 amide bonds. The van der Waals surface area contributed by atoms with Gasteiger partial charge in [0.1, 0.15) is 5.75 Å². The number of rotatable bonds is 4. The summed E-state index contributed by atoms with van der Waals surface area (Å²) in [5.74, 6) is 1.05. The molecule has 5 heteroatoms. The molecule has 0 aromatic heterocycles. The molecule has 1 aromatic rings. The Bertz CT molecular complexity index is 436. The minimum absolute atomic E-state index is 0. The van der Waals surface area contributed by atoms with E-state index < -0.39 is 0 Å². The van der Waals surface area contributed by atoms with Gasteiger partial charge in [-0.25, -0.2) is 0 Å². The highest BCUT2D eigenvalue weighted by molar-refractivity contribution is 5.85. The number of methoxy groups -OCH3 is 1. The third-order valence-corrected chi connectivity index (χ3v) is 3.90. The number of likely N-dealkylation sites (N-methyl/N-ethyl adjacent to an activating group) is 1. The molecule has 1 atom stereocenters. The maximum atomic E-state index is 12.3. The summed E-state index contributed by atoms with van der Waals surface area (Å²) in [4.78, 5) is 14.3. The van der Waals surface area contributed by atoms with Gasteiger partial charge in [0, 0.05) is 6.54 Å². The van der Waals surface area contributed by atoms with E-state index in [1.54, 1.807) is 7.11 Å². The molecule has 1 N–H and O–H groups in total. The predicted molar refractivity (Wildman–Crippen MR) is 87.1 cm³/mol. The quantitative estimate of drug-likeness (QED) is 0.929. The molecule has 0 saturated carbocycles. The van der Waals surface area contributed by atoms with E-state index in [2.05, 4.69) is 17.4 Å². The molecule has 1 aromatic carbocycles. The van der Waals surface area contributed by atoms with Gasteiger partial charge in [-0.15, -0.1) is 12.4 Å². The van der Waals surface area contributed by atoms with E-state index in [0.29, 0.717) is 6.54 Å². The Hall–Kier alpha value is -1.26. The first kappa shape index (κ1) is 17.8. The van der Waals surface area contributed by atoms with Crippen molar-refractivity contribution < 1.29 is 9.53 Å². The van der Waals surface area contributed by atoms with Crippen molar-refractivity contribution in [1.29, 1.82) is 0 Å². The van der Waals surface area contributed by atoms with Crippen LogP contribution in [0.4, 0.5) is 0 Å². The van der Waals surface area contributed by atoms with Crippen LogP contribution in [0.15, 0.2) is 24.3 Å². The topological polar surface area (TPSA) is 41.6 Å². The van der Waals surface area contributed by atoms with Gasteiger partial charge in [-0.1, -0.05) is 25.0 Å². The van der Waals surface area contributed by atoms with Gasteiger partial charge in [0.2, 0.25) is 5.91 Å². The molecule has 21 heavy (non-hydrogen) atoms. The first-order valence-electron chi connectivity index (χ1n) is 7.34. The number of benzene rings is 1. The Morgan fingerprint density at radius 1 is 1.29 bits per heavy atom. The summed E-state index contributed by atoms with van der Waals surface area (Å²) in [6.45, 7) is 1.27. The summed E-state index contributed by atoms with van der Waals surface area (Å²) in [5.41, 5.74) is 1.21. The summed E-state index contributed by atoms with van der Waals surface area (Å²) in [7, 11) is 3.49. The zero-order valence-corrected chi connectivity index (χ0v) is 13.6. The Balaban J connectivity index is 0.00000220. The highest BCUT2D eigenvalue weighted by Crippen LogP contribution is 2.31. The molecular weight excluding hydrogens is 288 g/mol. The van der Waals surface area contributed by atoms with Crippen molar-refractivity contribution in [3.63, 3.8) is 0 Å². The monoisotopic (exact) mass is 312 g/mol. The summed E-state index contributed by atoms with van der Waals surface area (Å²) < 4.78 is 5.20. The lowest BCUT2D eigenvalue weighted by Crippen LogP contribution is -2.39. The lowest BCUT2D eigenvalue weighted by atomic mass is 10.0. The maximum Gasteiger partial charge on any atom is 0.237 e. The highest BCUT2D eigenvalue weighted by atomic mass is 35.5. The largest absolute Gasteiger partial charge is 0.497 e. The molecule has 1 fully saturated rings. The standard InChI is InChI=1S/C16H24N2O2.ClH/c1-17-12-16(19)18-11-5-3-4-6-15(18)13-7-9-14(20-2)10-8-13;/h7-10,15,17H,3-6,11-12H2,1-2H3;1H. The molecular formula is C16H25ClN2O2. The second kappa shape index (κ2) is 8.90. The highest BCUT2D eigenvalue weighted by Gasteiger charge is 2.26. The fraction of sp³-hybridized carbons (Fsp3) is 0.562. The van der Waals surface area contributed by atoms with Crippen molar-refractivity contribution in [2.75, 3.05) is 27.2 Å². The van der Waals surface area contributed by atoms with E-state index in [9.17, 15) is 4.79 Å². The molecule has 1 saturated heterocycles. The zero-order chi connectivity index (χ0) is 14.4. The molecule has 118 valence electrons. The Kier molecular flexibility index (Phi) is 7.54. The van der Waals surface area contributed by atoms with Crippen LogP contribution in [0.3, 0.4) is 0 Å². The normalized spacial score (nSPS) is 18.6. The number of likely N-dealkylation sites (tertiary alicyclic amines) is 1. The predicted octanol–water partition coefficient (Wildman–Crippen LogP) is 2.78. The van der Waals surface area contributed by atoms with Gasteiger partial charge in [0.25, 0.3) is 0 Å². The Morgan fingerprint density at radius 3 is 2.62 bits per heavy atom. The van der Waals surface area contributed by atoms with Crippen molar-refractivity contribution in [2.24, 2.45) is 0 Å². The molecule has 1 aliphatic heterocycles. The van der Waals surface area contributed by atoms with Gasteiger partial charge in [-0.3, -0.25) is 4.79 Å². The van der Waals surface area contributed by atoms with Crippen LogP contribution in [0.25, 0.3) is 0 Å². The van der Waals surface area contributed by atoms with Crippen LogP contribution in [-0.2, 0) is 4.79 Å². The van der Waals surface area contributed by atoms with Gasteiger partial charge in [0.05, 0.1) is 19.7 Å². The van der Waals surface area contributed by atoms with Crippen molar-refractivity contribution >= 4 is 18.3 Å². The minimum atomic E-state index is 0. The second-order valence-electron chi connectivity index (χ2n) is 5.26. The minimum Gasteiger partial charge on any atom is -0.497 e. The van der Waals surface area contributed by atoms with Crippen molar-refractivity contribution in [1.82, 2.24) is 10.2 Å². The number of hydrogen-bond donors (Lipinski definition) is 1. The van der Waals surface area contributed by atoms with Gasteiger partial charge >= 0.3 is 0 Å². The van der Waals surface area contributed by atoms with Gasteiger partial charge in [-0.05, 0) is 37.6 Å². The van der Waals surface area contributed by atoms with Crippen LogP contribution in [0.2, 0.25) is 0 Å². The van der Waals surface area contributed by atoms with Crippen LogP contribution in [0, 0.1) is 0 Å². The van der Waals surface area contributed by atoms with Crippen molar-refractivity contribution in [3.05, 3.63) is 29.8 Å². The molecule has 0 radical (unpaired) electrons. The fourth-order valence-corrected chi connectivity index (χ4v) is 2.83. The number of ether oxygens (including phenoxy) is 1. The first-order valence-corrected chi connectivity index (χ1v) is 7.34. The lowest BCUT2D eigenvalue weighted by molar-refractivity contribution is -0.132. The number of carbonyl (C=O) groups is 1. The number of amides is 1. The molecule has 0 aliphatic carbocycles. The molecule has 0 bridgehead atoms. The molecule has 4 nitrogen and oxygen atoms in total. The fourth-order valence-electron chi connectivity index (χ4n) is 2.83. The van der Waals surface area contributed by atoms with E-state index in [1.165, 1.54) is 18.4 Å². The van der Waals surface area contributed by atoms with E-state index in [0.717, 1.165) is 25.1 Å². The van der Waals surface area contributed by atoms with E-state index in [4.69, 9.17) is 4.74 Å². The summed E-state index contributed by atoms with van der Waals surface area (Å²) >= 11 is 0. The Labute approximate surface area is 133 Å². The van der Waals surface area contributed by atoms with Crippen LogP contribution >= 0.6 is 12.4 Å². The SMILES string of the molecule is CNCC(=O)N1CCCCCC1c1ccc(OC)cc1.Cl. The second-order valence-corrected chi connectivity index (χ2v) is 5.26. The molecule has 1 unspecified atom stereocenters. The summed E-state index contributed by atoms with van der Waals surface area (Å²) in [6, 6.07) is 8.30. The van der Waals surface area contributed by atoms with E-state index in [1.807, 2.05) is 24.1 Å². The lowest BCUT2D eigenvalue weighted by Gasteiger charge is -2.30. The third kappa shape index (κ3) is 4.61.